The van der Waals surface area contributed by atoms with Crippen molar-refractivity contribution in [3.63, 3.8) is 0 Å². The van der Waals surface area contributed by atoms with E-state index < -0.39 is 5.97 Å². The van der Waals surface area contributed by atoms with Crippen molar-refractivity contribution in [2.24, 2.45) is 11.8 Å². The maximum absolute atomic E-state index is 12.3. The van der Waals surface area contributed by atoms with E-state index in [4.69, 9.17) is 5.11 Å². The molecule has 5 heteroatoms. The molecule has 1 atom stereocenters. The van der Waals surface area contributed by atoms with E-state index in [1.807, 2.05) is 6.92 Å². The topological polar surface area (TPSA) is 69.6 Å². The van der Waals surface area contributed by atoms with E-state index in [2.05, 4.69) is 5.32 Å². The summed E-state index contributed by atoms with van der Waals surface area (Å²) in [4.78, 5) is 24.7. The standard InChI is InChI=1S/C12H20N2O3/c1-8(9-6-13-7-9)12(17)14(10-2-3-10)5-4-11(15)16/h8-10,13H,2-7H2,1H3,(H,15,16). The van der Waals surface area contributed by atoms with Crippen LogP contribution in [0.15, 0.2) is 0 Å². The van der Waals surface area contributed by atoms with E-state index in [0.29, 0.717) is 18.5 Å². The summed E-state index contributed by atoms with van der Waals surface area (Å²) < 4.78 is 0. The zero-order valence-corrected chi connectivity index (χ0v) is 10.2. The number of hydrogen-bond acceptors (Lipinski definition) is 3. The third kappa shape index (κ3) is 2.97. The lowest BCUT2D eigenvalue weighted by molar-refractivity contribution is -0.141. The second kappa shape index (κ2) is 5.04. The Morgan fingerprint density at radius 2 is 2.06 bits per heavy atom. The molecule has 1 unspecified atom stereocenters. The molecule has 2 fully saturated rings. The van der Waals surface area contributed by atoms with Crippen molar-refractivity contribution in [2.75, 3.05) is 19.6 Å². The zero-order valence-electron chi connectivity index (χ0n) is 10.2. The Labute approximate surface area is 101 Å². The first-order chi connectivity index (χ1) is 8.09. The number of carbonyl (C=O) groups is 2. The molecule has 5 nitrogen and oxygen atoms in total. The minimum atomic E-state index is -0.832. The Balaban J connectivity index is 1.89. The fourth-order valence-corrected chi connectivity index (χ4v) is 2.20. The lowest BCUT2D eigenvalue weighted by atomic mass is 9.88. The van der Waals surface area contributed by atoms with Crippen LogP contribution in [0, 0.1) is 11.8 Å². The van der Waals surface area contributed by atoms with Crippen molar-refractivity contribution in [1.82, 2.24) is 10.2 Å². The van der Waals surface area contributed by atoms with Gasteiger partial charge in [0.05, 0.1) is 6.42 Å². The maximum atomic E-state index is 12.3. The molecular formula is C12H20N2O3. The monoisotopic (exact) mass is 240 g/mol. The number of nitrogens with one attached hydrogen (secondary N) is 1. The van der Waals surface area contributed by atoms with Crippen LogP contribution in [0.1, 0.15) is 26.2 Å². The summed E-state index contributed by atoms with van der Waals surface area (Å²) in [6, 6.07) is 0.303. The van der Waals surface area contributed by atoms with Gasteiger partial charge >= 0.3 is 5.97 Å². The number of hydrogen-bond donors (Lipinski definition) is 2. The number of nitrogens with zero attached hydrogens (tertiary/aromatic N) is 1. The summed E-state index contributed by atoms with van der Waals surface area (Å²) in [5, 5.41) is 11.9. The zero-order chi connectivity index (χ0) is 12.4. The summed E-state index contributed by atoms with van der Waals surface area (Å²) in [6.45, 7) is 4.14. The van der Waals surface area contributed by atoms with Crippen LogP contribution >= 0.6 is 0 Å². The first-order valence-electron chi connectivity index (χ1n) is 6.32. The Bertz CT molecular complexity index is 311. The van der Waals surface area contributed by atoms with Gasteiger partial charge < -0.3 is 15.3 Å². The van der Waals surface area contributed by atoms with E-state index in [1.54, 1.807) is 4.90 Å². The van der Waals surface area contributed by atoms with Gasteiger partial charge in [-0.3, -0.25) is 9.59 Å². The third-order valence-corrected chi connectivity index (χ3v) is 3.75. The number of carboxylic acid groups (broad SMARTS) is 1. The molecule has 2 N–H and O–H groups in total. The predicted molar refractivity (Wildman–Crippen MR) is 62.5 cm³/mol. The van der Waals surface area contributed by atoms with Crippen LogP contribution in [-0.2, 0) is 9.59 Å². The first-order valence-corrected chi connectivity index (χ1v) is 6.32. The van der Waals surface area contributed by atoms with Gasteiger partial charge in [-0.1, -0.05) is 6.92 Å². The summed E-state index contributed by atoms with van der Waals surface area (Å²) in [7, 11) is 0. The van der Waals surface area contributed by atoms with Gasteiger partial charge in [-0.05, 0) is 31.8 Å². The van der Waals surface area contributed by atoms with Gasteiger partial charge in [0.1, 0.15) is 0 Å². The van der Waals surface area contributed by atoms with Crippen LogP contribution in [-0.4, -0.2) is 47.6 Å². The molecule has 0 radical (unpaired) electrons. The van der Waals surface area contributed by atoms with E-state index in [1.165, 1.54) is 0 Å². The van der Waals surface area contributed by atoms with E-state index in [-0.39, 0.29) is 18.2 Å². The van der Waals surface area contributed by atoms with Crippen LogP contribution in [0.25, 0.3) is 0 Å². The highest BCUT2D eigenvalue weighted by molar-refractivity contribution is 5.80. The summed E-state index contributed by atoms with van der Waals surface area (Å²) >= 11 is 0. The van der Waals surface area contributed by atoms with E-state index in [9.17, 15) is 9.59 Å². The first kappa shape index (κ1) is 12.4. The molecule has 1 heterocycles. The normalized spacial score (nSPS) is 21.7. The summed E-state index contributed by atoms with van der Waals surface area (Å²) in [5.74, 6) is -0.249. The van der Waals surface area contributed by atoms with Crippen LogP contribution in [0.2, 0.25) is 0 Å². The quantitative estimate of drug-likeness (QED) is 0.701. The van der Waals surface area contributed by atoms with Crippen LogP contribution in [0.3, 0.4) is 0 Å². The highest BCUT2D eigenvalue weighted by atomic mass is 16.4. The molecule has 0 spiro atoms. The van der Waals surface area contributed by atoms with E-state index in [0.717, 1.165) is 25.9 Å². The Hall–Kier alpha value is -1.10. The number of aliphatic carboxylic acids is 1. The van der Waals surface area contributed by atoms with E-state index >= 15 is 0 Å². The van der Waals surface area contributed by atoms with Gasteiger partial charge in [-0.2, -0.15) is 0 Å². The van der Waals surface area contributed by atoms with Crippen LogP contribution in [0.5, 0.6) is 0 Å². The fourth-order valence-electron chi connectivity index (χ4n) is 2.20. The molecule has 0 aromatic heterocycles. The minimum Gasteiger partial charge on any atom is -0.481 e. The molecule has 96 valence electrons. The average molecular weight is 240 g/mol. The molecule has 1 aliphatic heterocycles. The van der Waals surface area contributed by atoms with Gasteiger partial charge in [0.25, 0.3) is 0 Å². The lowest BCUT2D eigenvalue weighted by Gasteiger charge is -2.35. The van der Waals surface area contributed by atoms with Gasteiger partial charge in [0, 0.05) is 18.5 Å². The third-order valence-electron chi connectivity index (χ3n) is 3.75. The average Bonchev–Trinajstić information content (AvgIpc) is 2.98. The number of carbonyl (C=O) groups excluding carboxylic acids is 1. The van der Waals surface area contributed by atoms with Crippen LogP contribution in [0.4, 0.5) is 0 Å². The predicted octanol–water partition coefficient (Wildman–Crippen LogP) is 0.308. The molecule has 0 aromatic carbocycles. The molecule has 2 rings (SSSR count). The van der Waals surface area contributed by atoms with Gasteiger partial charge in [-0.25, -0.2) is 0 Å². The lowest BCUT2D eigenvalue weighted by Crippen LogP contribution is -2.51. The highest BCUT2D eigenvalue weighted by Gasteiger charge is 2.38. The molecule has 17 heavy (non-hydrogen) atoms. The molecule has 1 saturated carbocycles. The van der Waals surface area contributed by atoms with Crippen molar-refractivity contribution in [3.8, 4) is 0 Å². The highest BCUT2D eigenvalue weighted by Crippen LogP contribution is 2.30. The second-order valence-electron chi connectivity index (χ2n) is 5.11. The number of carboxylic acids is 1. The Kier molecular flexibility index (Phi) is 3.66. The van der Waals surface area contributed by atoms with Crippen LogP contribution < -0.4 is 5.32 Å². The largest absolute Gasteiger partial charge is 0.481 e. The molecule has 1 amide bonds. The molecule has 0 bridgehead atoms. The molecule has 0 aromatic rings. The second-order valence-corrected chi connectivity index (χ2v) is 5.11. The minimum absolute atomic E-state index is 0.0191. The molecule has 1 saturated heterocycles. The SMILES string of the molecule is CC(C(=O)N(CCC(=O)O)C1CC1)C1CNC1. The van der Waals surface area contributed by atoms with Gasteiger partial charge in [0.15, 0.2) is 0 Å². The fraction of sp³-hybridized carbons (Fsp3) is 0.833. The smallest absolute Gasteiger partial charge is 0.305 e. The van der Waals surface area contributed by atoms with Crippen molar-refractivity contribution in [3.05, 3.63) is 0 Å². The van der Waals surface area contributed by atoms with Crippen molar-refractivity contribution in [1.29, 1.82) is 0 Å². The molecule has 2 aliphatic rings. The van der Waals surface area contributed by atoms with Crippen molar-refractivity contribution < 1.29 is 14.7 Å². The molecular weight excluding hydrogens is 220 g/mol. The number of amides is 1. The molecule has 1 aliphatic carbocycles. The van der Waals surface area contributed by atoms with Crippen molar-refractivity contribution >= 4 is 11.9 Å². The maximum Gasteiger partial charge on any atom is 0.305 e. The van der Waals surface area contributed by atoms with Gasteiger partial charge in [-0.15, -0.1) is 0 Å². The summed E-state index contributed by atoms with van der Waals surface area (Å²) in [5.41, 5.74) is 0. The summed E-state index contributed by atoms with van der Waals surface area (Å²) in [6.07, 6.45) is 2.11. The Morgan fingerprint density at radius 1 is 1.41 bits per heavy atom. The Morgan fingerprint density at radius 3 is 2.47 bits per heavy atom. The number of rotatable bonds is 6. The van der Waals surface area contributed by atoms with Crippen molar-refractivity contribution in [2.45, 2.75) is 32.2 Å². The van der Waals surface area contributed by atoms with Gasteiger partial charge in [0.2, 0.25) is 5.91 Å².